The first kappa shape index (κ1) is 18.1. The van der Waals surface area contributed by atoms with Crippen molar-refractivity contribution in [1.82, 2.24) is 10.2 Å². The van der Waals surface area contributed by atoms with Crippen LogP contribution in [0.25, 0.3) is 0 Å². The molecule has 3 rings (SSSR count). The first-order valence-corrected chi connectivity index (χ1v) is 9.54. The highest BCUT2D eigenvalue weighted by molar-refractivity contribution is 7.10. The SMILES string of the molecule is NC(Cc1ccccc1)C(=O)NCC(c1cccs1)N1CCOCC1. The normalized spacial score (nSPS) is 17.8. The first-order valence-electron chi connectivity index (χ1n) is 8.66. The van der Waals surface area contributed by atoms with Gasteiger partial charge in [-0.2, -0.15) is 0 Å². The zero-order chi connectivity index (χ0) is 17.5. The Morgan fingerprint density at radius 2 is 1.96 bits per heavy atom. The van der Waals surface area contributed by atoms with Crippen LogP contribution in [0.15, 0.2) is 47.8 Å². The molecule has 0 saturated carbocycles. The van der Waals surface area contributed by atoms with Crippen molar-refractivity contribution in [2.24, 2.45) is 5.73 Å². The van der Waals surface area contributed by atoms with E-state index in [0.717, 1.165) is 31.9 Å². The van der Waals surface area contributed by atoms with Crippen LogP contribution in [0.1, 0.15) is 16.5 Å². The van der Waals surface area contributed by atoms with E-state index in [4.69, 9.17) is 10.5 Å². The van der Waals surface area contributed by atoms with Crippen molar-refractivity contribution in [3.05, 3.63) is 58.3 Å². The van der Waals surface area contributed by atoms with Crippen molar-refractivity contribution >= 4 is 17.2 Å². The number of nitrogens with one attached hydrogen (secondary N) is 1. The van der Waals surface area contributed by atoms with Gasteiger partial charge in [-0.3, -0.25) is 9.69 Å². The monoisotopic (exact) mass is 359 g/mol. The van der Waals surface area contributed by atoms with Crippen molar-refractivity contribution < 1.29 is 9.53 Å². The molecule has 2 unspecified atom stereocenters. The van der Waals surface area contributed by atoms with Gasteiger partial charge in [0.25, 0.3) is 0 Å². The maximum atomic E-state index is 12.4. The molecule has 25 heavy (non-hydrogen) atoms. The summed E-state index contributed by atoms with van der Waals surface area (Å²) in [6.07, 6.45) is 0.550. The predicted octanol–water partition coefficient (Wildman–Crippen LogP) is 1.81. The number of hydrogen-bond acceptors (Lipinski definition) is 5. The maximum Gasteiger partial charge on any atom is 0.237 e. The van der Waals surface area contributed by atoms with E-state index in [-0.39, 0.29) is 11.9 Å². The van der Waals surface area contributed by atoms with E-state index >= 15 is 0 Å². The molecule has 0 aliphatic carbocycles. The number of nitrogens with zero attached hydrogens (tertiary/aromatic N) is 1. The van der Waals surface area contributed by atoms with E-state index < -0.39 is 6.04 Å². The number of benzene rings is 1. The topological polar surface area (TPSA) is 67.6 Å². The Bertz CT molecular complexity index is 642. The first-order chi connectivity index (χ1) is 12.2. The fraction of sp³-hybridized carbons (Fsp3) is 0.421. The molecule has 3 N–H and O–H groups in total. The number of amides is 1. The molecule has 134 valence electrons. The highest BCUT2D eigenvalue weighted by Gasteiger charge is 2.25. The summed E-state index contributed by atoms with van der Waals surface area (Å²) in [6, 6.07) is 13.7. The summed E-state index contributed by atoms with van der Waals surface area (Å²) < 4.78 is 5.45. The second-order valence-electron chi connectivity index (χ2n) is 6.22. The van der Waals surface area contributed by atoms with Gasteiger partial charge in [-0.05, 0) is 23.4 Å². The summed E-state index contributed by atoms with van der Waals surface area (Å²) in [5.74, 6) is -0.0985. The molecule has 1 aliphatic heterocycles. The number of morpholine rings is 1. The van der Waals surface area contributed by atoms with Crippen LogP contribution in [0, 0.1) is 0 Å². The van der Waals surface area contributed by atoms with Crippen LogP contribution < -0.4 is 11.1 Å². The lowest BCUT2D eigenvalue weighted by atomic mass is 10.1. The van der Waals surface area contributed by atoms with Gasteiger partial charge in [0.15, 0.2) is 0 Å². The standard InChI is InChI=1S/C19H25N3O2S/c20-16(13-15-5-2-1-3-6-15)19(23)21-14-17(18-7-4-12-25-18)22-8-10-24-11-9-22/h1-7,12,16-17H,8-11,13-14,20H2,(H,21,23). The van der Waals surface area contributed by atoms with E-state index in [2.05, 4.69) is 27.7 Å². The molecular formula is C19H25N3O2S. The Morgan fingerprint density at radius 3 is 2.64 bits per heavy atom. The lowest BCUT2D eigenvalue weighted by molar-refractivity contribution is -0.122. The molecule has 1 aromatic heterocycles. The molecule has 2 heterocycles. The number of hydrogen-bond donors (Lipinski definition) is 2. The summed E-state index contributed by atoms with van der Waals surface area (Å²) >= 11 is 1.72. The summed E-state index contributed by atoms with van der Waals surface area (Å²) in [5, 5.41) is 5.12. The van der Waals surface area contributed by atoms with Crippen molar-refractivity contribution in [1.29, 1.82) is 0 Å². The number of carbonyl (C=O) groups is 1. The summed E-state index contributed by atoms with van der Waals surface area (Å²) in [7, 11) is 0. The molecule has 5 nitrogen and oxygen atoms in total. The van der Waals surface area contributed by atoms with Gasteiger partial charge in [0.2, 0.25) is 5.91 Å². The third-order valence-electron chi connectivity index (χ3n) is 4.46. The molecule has 0 radical (unpaired) electrons. The highest BCUT2D eigenvalue weighted by atomic mass is 32.1. The minimum atomic E-state index is -0.531. The van der Waals surface area contributed by atoms with E-state index in [1.165, 1.54) is 4.88 Å². The Kier molecular flexibility index (Phi) is 6.58. The van der Waals surface area contributed by atoms with E-state index in [1.807, 2.05) is 30.3 Å². The van der Waals surface area contributed by atoms with Crippen LogP contribution in [-0.4, -0.2) is 49.7 Å². The van der Waals surface area contributed by atoms with Gasteiger partial charge in [0.05, 0.1) is 25.3 Å². The molecule has 1 fully saturated rings. The van der Waals surface area contributed by atoms with Crippen LogP contribution in [-0.2, 0) is 16.0 Å². The fourth-order valence-corrected chi connectivity index (χ4v) is 3.93. The van der Waals surface area contributed by atoms with Crippen molar-refractivity contribution in [2.75, 3.05) is 32.8 Å². The largest absolute Gasteiger partial charge is 0.379 e. The number of ether oxygens (including phenoxy) is 1. The van der Waals surface area contributed by atoms with Crippen LogP contribution in [0.4, 0.5) is 0 Å². The van der Waals surface area contributed by atoms with E-state index in [9.17, 15) is 4.79 Å². The lowest BCUT2D eigenvalue weighted by Crippen LogP contribution is -2.47. The maximum absolute atomic E-state index is 12.4. The van der Waals surface area contributed by atoms with Gasteiger partial charge >= 0.3 is 0 Å². The number of thiophene rings is 1. The molecule has 2 atom stereocenters. The predicted molar refractivity (Wildman–Crippen MR) is 101 cm³/mol. The second-order valence-corrected chi connectivity index (χ2v) is 7.20. The molecule has 1 aliphatic rings. The molecular weight excluding hydrogens is 334 g/mol. The van der Waals surface area contributed by atoms with E-state index in [0.29, 0.717) is 13.0 Å². The average molecular weight is 359 g/mol. The molecule has 0 bridgehead atoms. The summed E-state index contributed by atoms with van der Waals surface area (Å²) in [6.45, 7) is 3.82. The fourth-order valence-electron chi connectivity index (χ4n) is 3.07. The zero-order valence-electron chi connectivity index (χ0n) is 14.3. The smallest absolute Gasteiger partial charge is 0.237 e. The van der Waals surface area contributed by atoms with Gasteiger partial charge in [-0.1, -0.05) is 36.4 Å². The van der Waals surface area contributed by atoms with Crippen LogP contribution in [0.5, 0.6) is 0 Å². The number of rotatable bonds is 7. The number of carbonyl (C=O) groups excluding carboxylic acids is 1. The summed E-state index contributed by atoms with van der Waals surface area (Å²) in [4.78, 5) is 16.1. The van der Waals surface area contributed by atoms with Crippen molar-refractivity contribution in [3.63, 3.8) is 0 Å². The van der Waals surface area contributed by atoms with Gasteiger partial charge in [0.1, 0.15) is 0 Å². The molecule has 1 amide bonds. The van der Waals surface area contributed by atoms with Crippen LogP contribution in [0.3, 0.4) is 0 Å². The molecule has 2 aromatic rings. The van der Waals surface area contributed by atoms with Gasteiger partial charge in [-0.25, -0.2) is 0 Å². The minimum absolute atomic E-state index is 0.0985. The Balaban J connectivity index is 1.57. The van der Waals surface area contributed by atoms with Crippen molar-refractivity contribution in [2.45, 2.75) is 18.5 Å². The Labute approximate surface area is 152 Å². The van der Waals surface area contributed by atoms with Crippen LogP contribution >= 0.6 is 11.3 Å². The summed E-state index contributed by atoms with van der Waals surface area (Å²) in [5.41, 5.74) is 7.17. The second kappa shape index (κ2) is 9.10. The van der Waals surface area contributed by atoms with Crippen molar-refractivity contribution in [3.8, 4) is 0 Å². The third-order valence-corrected chi connectivity index (χ3v) is 5.44. The Morgan fingerprint density at radius 1 is 1.20 bits per heavy atom. The molecule has 1 aromatic carbocycles. The molecule has 1 saturated heterocycles. The minimum Gasteiger partial charge on any atom is -0.379 e. The van der Waals surface area contributed by atoms with Gasteiger partial charge in [-0.15, -0.1) is 11.3 Å². The molecule has 6 heteroatoms. The number of nitrogens with two attached hydrogens (primary N) is 1. The van der Waals surface area contributed by atoms with Gasteiger partial charge in [0, 0.05) is 24.5 Å². The average Bonchev–Trinajstić information content (AvgIpc) is 3.18. The highest BCUT2D eigenvalue weighted by Crippen LogP contribution is 2.25. The van der Waals surface area contributed by atoms with E-state index in [1.54, 1.807) is 11.3 Å². The van der Waals surface area contributed by atoms with Crippen LogP contribution in [0.2, 0.25) is 0 Å². The van der Waals surface area contributed by atoms with Gasteiger partial charge < -0.3 is 15.8 Å². The third kappa shape index (κ3) is 5.12. The zero-order valence-corrected chi connectivity index (χ0v) is 15.1. The lowest BCUT2D eigenvalue weighted by Gasteiger charge is -2.34. The Hall–Kier alpha value is -1.73. The molecule has 0 spiro atoms. The quantitative estimate of drug-likeness (QED) is 0.791.